The average molecular weight is 282 g/mol. The van der Waals surface area contributed by atoms with Gasteiger partial charge in [-0.3, -0.25) is 0 Å². The molecule has 0 saturated heterocycles. The van der Waals surface area contributed by atoms with Gasteiger partial charge in [-0.1, -0.05) is 47.5 Å². The molecule has 0 aliphatic heterocycles. The quantitative estimate of drug-likeness (QED) is 0.820. The third-order valence-corrected chi connectivity index (χ3v) is 3.40. The first-order chi connectivity index (χ1) is 8.52. The lowest BCUT2D eigenvalue weighted by Gasteiger charge is -2.10. The highest BCUT2D eigenvalue weighted by Gasteiger charge is 2.14. The molecule has 0 aliphatic rings. The van der Waals surface area contributed by atoms with Gasteiger partial charge in [-0.25, -0.2) is 4.79 Å². The van der Waals surface area contributed by atoms with E-state index < -0.39 is 5.97 Å². The summed E-state index contributed by atoms with van der Waals surface area (Å²) in [6.07, 6.45) is 0. The van der Waals surface area contributed by atoms with Gasteiger partial charge in [0.1, 0.15) is 0 Å². The highest BCUT2D eigenvalue weighted by Crippen LogP contribution is 2.37. The Labute approximate surface area is 114 Å². The van der Waals surface area contributed by atoms with Crippen molar-refractivity contribution >= 4 is 34.9 Å². The van der Waals surface area contributed by atoms with E-state index in [-0.39, 0.29) is 11.3 Å². The molecule has 2 aromatic rings. The van der Waals surface area contributed by atoms with Crippen LogP contribution in [0, 0.1) is 0 Å². The lowest BCUT2D eigenvalue weighted by Crippen LogP contribution is -2.03. The molecule has 0 fully saturated rings. The number of halogens is 2. The zero-order valence-corrected chi connectivity index (χ0v) is 10.7. The van der Waals surface area contributed by atoms with Crippen molar-refractivity contribution in [3.05, 3.63) is 52.0 Å². The first-order valence-corrected chi connectivity index (χ1v) is 5.84. The Morgan fingerprint density at radius 2 is 1.67 bits per heavy atom. The topological polar surface area (TPSA) is 63.3 Å². The van der Waals surface area contributed by atoms with Gasteiger partial charge in [0.15, 0.2) is 0 Å². The first-order valence-electron chi connectivity index (χ1n) is 5.08. The molecule has 3 N–H and O–H groups in total. The summed E-state index contributed by atoms with van der Waals surface area (Å²) in [4.78, 5) is 11.0. The molecule has 2 aromatic carbocycles. The molecule has 0 saturated carbocycles. The summed E-state index contributed by atoms with van der Waals surface area (Å²) in [6, 6.07) is 9.90. The molecule has 0 amide bonds. The van der Waals surface area contributed by atoms with E-state index in [1.165, 1.54) is 6.07 Å². The van der Waals surface area contributed by atoms with Crippen LogP contribution in [0.4, 0.5) is 5.69 Å². The summed E-state index contributed by atoms with van der Waals surface area (Å²) in [6.45, 7) is 0. The van der Waals surface area contributed by atoms with E-state index >= 15 is 0 Å². The zero-order valence-electron chi connectivity index (χ0n) is 9.15. The second-order valence-electron chi connectivity index (χ2n) is 3.67. The summed E-state index contributed by atoms with van der Waals surface area (Å²) in [5.41, 5.74) is 7.25. The summed E-state index contributed by atoms with van der Waals surface area (Å²) >= 11 is 12.0. The monoisotopic (exact) mass is 281 g/mol. The summed E-state index contributed by atoms with van der Waals surface area (Å²) in [7, 11) is 0. The van der Waals surface area contributed by atoms with Crippen molar-refractivity contribution < 1.29 is 9.90 Å². The smallest absolute Gasteiger partial charge is 0.337 e. The molecule has 0 radical (unpaired) electrons. The fraction of sp³-hybridized carbons (Fsp3) is 0. The number of carboxylic acids is 1. The molecule has 2 rings (SSSR count). The number of nitrogens with two attached hydrogens (primary N) is 1. The normalized spacial score (nSPS) is 10.3. The molecular formula is C13H9Cl2NO2. The molecule has 0 atom stereocenters. The molecule has 5 heteroatoms. The van der Waals surface area contributed by atoms with E-state index in [0.717, 1.165) is 0 Å². The Morgan fingerprint density at radius 3 is 2.33 bits per heavy atom. The van der Waals surface area contributed by atoms with Gasteiger partial charge in [-0.15, -0.1) is 0 Å². The third-order valence-electron chi connectivity index (χ3n) is 2.58. The fourth-order valence-electron chi connectivity index (χ4n) is 1.70. The molecule has 0 unspecified atom stereocenters. The summed E-state index contributed by atoms with van der Waals surface area (Å²) in [5, 5.41) is 9.77. The van der Waals surface area contributed by atoms with Crippen molar-refractivity contribution in [3.8, 4) is 11.1 Å². The van der Waals surface area contributed by atoms with Gasteiger partial charge >= 0.3 is 5.97 Å². The number of hydrogen-bond donors (Lipinski definition) is 2. The van der Waals surface area contributed by atoms with Gasteiger partial charge in [-0.2, -0.15) is 0 Å². The van der Waals surface area contributed by atoms with Crippen molar-refractivity contribution in [3.63, 3.8) is 0 Å². The van der Waals surface area contributed by atoms with E-state index in [2.05, 4.69) is 0 Å². The number of benzene rings is 2. The highest BCUT2D eigenvalue weighted by molar-refractivity contribution is 6.43. The Hall–Kier alpha value is -1.71. The number of para-hydroxylation sites is 1. The van der Waals surface area contributed by atoms with Crippen molar-refractivity contribution in [2.45, 2.75) is 0 Å². The van der Waals surface area contributed by atoms with E-state index in [1.54, 1.807) is 30.3 Å². The number of carbonyl (C=O) groups is 1. The minimum absolute atomic E-state index is 0.0449. The van der Waals surface area contributed by atoms with Crippen LogP contribution in [0.5, 0.6) is 0 Å². The van der Waals surface area contributed by atoms with Crippen LogP contribution in [0.1, 0.15) is 10.4 Å². The number of rotatable bonds is 2. The second-order valence-corrected chi connectivity index (χ2v) is 4.46. The van der Waals surface area contributed by atoms with Crippen LogP contribution < -0.4 is 5.73 Å². The van der Waals surface area contributed by atoms with Gasteiger partial charge in [0, 0.05) is 11.1 Å². The van der Waals surface area contributed by atoms with Crippen LogP contribution in [0.2, 0.25) is 10.0 Å². The predicted molar refractivity (Wildman–Crippen MR) is 73.3 cm³/mol. The van der Waals surface area contributed by atoms with Crippen LogP contribution in [0.15, 0.2) is 36.4 Å². The summed E-state index contributed by atoms with van der Waals surface area (Å²) in [5.74, 6) is -1.08. The lowest BCUT2D eigenvalue weighted by atomic mass is 10.0. The molecule has 3 nitrogen and oxygen atoms in total. The van der Waals surface area contributed by atoms with Gasteiger partial charge in [0.25, 0.3) is 0 Å². The standard InChI is InChI=1S/C13H9Cl2NO2/c14-10-6-2-3-7(11(10)15)8-4-1-5-9(12(8)16)13(17)18/h1-6H,16H2,(H,17,18). The predicted octanol–water partition coefficient (Wildman–Crippen LogP) is 3.94. The minimum atomic E-state index is -1.08. The van der Waals surface area contributed by atoms with Gasteiger partial charge in [-0.05, 0) is 12.1 Å². The van der Waals surface area contributed by atoms with Crippen LogP contribution in [-0.4, -0.2) is 11.1 Å². The Bertz CT molecular complexity index is 626. The maximum Gasteiger partial charge on any atom is 0.337 e. The van der Waals surface area contributed by atoms with Gasteiger partial charge < -0.3 is 10.8 Å². The van der Waals surface area contributed by atoms with Crippen LogP contribution in [0.3, 0.4) is 0 Å². The Kier molecular flexibility index (Phi) is 3.45. The number of hydrogen-bond acceptors (Lipinski definition) is 2. The molecule has 18 heavy (non-hydrogen) atoms. The molecule has 0 spiro atoms. The molecule has 0 bridgehead atoms. The number of aromatic carboxylic acids is 1. The first kappa shape index (κ1) is 12.7. The number of carboxylic acid groups (broad SMARTS) is 1. The molecule has 0 heterocycles. The molecule has 0 aliphatic carbocycles. The van der Waals surface area contributed by atoms with Crippen molar-refractivity contribution in [2.75, 3.05) is 5.73 Å². The lowest BCUT2D eigenvalue weighted by molar-refractivity contribution is 0.0698. The number of anilines is 1. The van der Waals surface area contributed by atoms with Crippen molar-refractivity contribution in [2.24, 2.45) is 0 Å². The summed E-state index contributed by atoms with van der Waals surface area (Å²) < 4.78 is 0. The van der Waals surface area contributed by atoms with Crippen molar-refractivity contribution in [1.29, 1.82) is 0 Å². The van der Waals surface area contributed by atoms with E-state index in [9.17, 15) is 4.79 Å². The van der Waals surface area contributed by atoms with E-state index in [0.29, 0.717) is 21.2 Å². The van der Waals surface area contributed by atoms with E-state index in [4.69, 9.17) is 34.0 Å². The minimum Gasteiger partial charge on any atom is -0.478 e. The zero-order chi connectivity index (χ0) is 13.3. The average Bonchev–Trinajstić information content (AvgIpc) is 2.33. The van der Waals surface area contributed by atoms with Gasteiger partial charge in [0.2, 0.25) is 0 Å². The van der Waals surface area contributed by atoms with Crippen LogP contribution >= 0.6 is 23.2 Å². The SMILES string of the molecule is Nc1c(C(=O)O)cccc1-c1cccc(Cl)c1Cl. The third kappa shape index (κ3) is 2.15. The van der Waals surface area contributed by atoms with Crippen molar-refractivity contribution in [1.82, 2.24) is 0 Å². The second kappa shape index (κ2) is 4.88. The molecular weight excluding hydrogens is 273 g/mol. The maximum atomic E-state index is 11.0. The molecule has 92 valence electrons. The van der Waals surface area contributed by atoms with E-state index in [1.807, 2.05) is 0 Å². The van der Waals surface area contributed by atoms with Gasteiger partial charge in [0.05, 0.1) is 21.3 Å². The molecule has 0 aromatic heterocycles. The largest absolute Gasteiger partial charge is 0.478 e. The maximum absolute atomic E-state index is 11.0. The number of nitrogen functional groups attached to an aromatic ring is 1. The highest BCUT2D eigenvalue weighted by atomic mass is 35.5. The Balaban J connectivity index is 2.69. The van der Waals surface area contributed by atoms with Crippen LogP contribution in [-0.2, 0) is 0 Å². The van der Waals surface area contributed by atoms with Crippen LogP contribution in [0.25, 0.3) is 11.1 Å². The fourth-order valence-corrected chi connectivity index (χ4v) is 2.10. The Morgan fingerprint density at radius 1 is 1.06 bits per heavy atom.